The number of aliphatic hydroxyl groups is 1. The predicted molar refractivity (Wildman–Crippen MR) is 81.0 cm³/mol. The van der Waals surface area contributed by atoms with Crippen molar-refractivity contribution in [1.29, 1.82) is 0 Å². The van der Waals surface area contributed by atoms with E-state index in [0.717, 1.165) is 6.42 Å². The summed E-state index contributed by atoms with van der Waals surface area (Å²) in [4.78, 5) is 14.3. The van der Waals surface area contributed by atoms with Gasteiger partial charge in [-0.15, -0.1) is 0 Å². The maximum absolute atomic E-state index is 12.6. The normalized spacial score (nSPS) is 29.0. The number of aliphatic hydroxyl groups excluding tert-OH is 1. The molecule has 6 nitrogen and oxygen atoms in total. The molecule has 2 rings (SSSR count). The second-order valence-electron chi connectivity index (χ2n) is 5.77. The highest BCUT2D eigenvalue weighted by atomic mass is 16.7. The highest BCUT2D eigenvalue weighted by Crippen LogP contribution is 2.33. The summed E-state index contributed by atoms with van der Waals surface area (Å²) in [5.74, 6) is 0.638. The maximum Gasteiger partial charge on any atom is 0.288 e. The van der Waals surface area contributed by atoms with Crippen molar-refractivity contribution in [3.63, 3.8) is 0 Å². The standard InChI is InChI=1S/C16H27NO5/c1-3-21-16-13(5-4-8-18)12(2)11-14(22-16)15(19)17-6-9-20-10-7-17/h11-13,16,18H,3-10H2,1-2H3/t12-,13+,16+/m1/s1. The molecule has 0 aliphatic carbocycles. The van der Waals surface area contributed by atoms with E-state index in [1.165, 1.54) is 0 Å². The van der Waals surface area contributed by atoms with Gasteiger partial charge in [0.15, 0.2) is 5.76 Å². The fourth-order valence-corrected chi connectivity index (χ4v) is 2.95. The van der Waals surface area contributed by atoms with Crippen LogP contribution in [0, 0.1) is 11.8 Å². The lowest BCUT2D eigenvalue weighted by Crippen LogP contribution is -2.44. The zero-order valence-electron chi connectivity index (χ0n) is 13.5. The molecule has 0 saturated carbocycles. The Morgan fingerprint density at radius 2 is 2.18 bits per heavy atom. The molecule has 1 saturated heterocycles. The van der Waals surface area contributed by atoms with Gasteiger partial charge >= 0.3 is 0 Å². The Balaban J connectivity index is 2.06. The first-order chi connectivity index (χ1) is 10.7. The smallest absolute Gasteiger partial charge is 0.288 e. The van der Waals surface area contributed by atoms with Crippen LogP contribution in [0.5, 0.6) is 0 Å². The summed E-state index contributed by atoms with van der Waals surface area (Å²) >= 11 is 0. The van der Waals surface area contributed by atoms with Crippen LogP contribution in [0.1, 0.15) is 26.7 Å². The average Bonchev–Trinajstić information content (AvgIpc) is 2.54. The Bertz CT molecular complexity index is 392. The van der Waals surface area contributed by atoms with Gasteiger partial charge in [0.25, 0.3) is 5.91 Å². The first-order valence-corrected chi connectivity index (χ1v) is 8.15. The van der Waals surface area contributed by atoms with Crippen molar-refractivity contribution >= 4 is 5.91 Å². The Morgan fingerprint density at radius 1 is 1.45 bits per heavy atom. The molecule has 2 heterocycles. The van der Waals surface area contributed by atoms with Crippen LogP contribution in [-0.2, 0) is 19.0 Å². The van der Waals surface area contributed by atoms with Crippen molar-refractivity contribution in [2.24, 2.45) is 11.8 Å². The molecule has 1 N–H and O–H groups in total. The summed E-state index contributed by atoms with van der Waals surface area (Å²) in [6.07, 6.45) is 3.01. The summed E-state index contributed by atoms with van der Waals surface area (Å²) in [7, 11) is 0. The van der Waals surface area contributed by atoms with Crippen molar-refractivity contribution in [2.75, 3.05) is 39.5 Å². The molecule has 0 aromatic heterocycles. The second kappa shape index (κ2) is 8.50. The number of hydrogen-bond donors (Lipinski definition) is 1. The zero-order valence-corrected chi connectivity index (χ0v) is 13.5. The van der Waals surface area contributed by atoms with Gasteiger partial charge < -0.3 is 24.2 Å². The highest BCUT2D eigenvalue weighted by Gasteiger charge is 2.36. The lowest BCUT2D eigenvalue weighted by Gasteiger charge is -2.37. The molecule has 1 amide bonds. The minimum Gasteiger partial charge on any atom is -0.459 e. The van der Waals surface area contributed by atoms with Crippen LogP contribution in [0.2, 0.25) is 0 Å². The number of morpholine rings is 1. The van der Waals surface area contributed by atoms with E-state index in [2.05, 4.69) is 6.92 Å². The number of allylic oxidation sites excluding steroid dienone is 1. The highest BCUT2D eigenvalue weighted by molar-refractivity contribution is 5.91. The van der Waals surface area contributed by atoms with Crippen molar-refractivity contribution in [3.8, 4) is 0 Å². The van der Waals surface area contributed by atoms with Crippen molar-refractivity contribution in [1.82, 2.24) is 4.90 Å². The lowest BCUT2D eigenvalue weighted by atomic mass is 9.86. The largest absolute Gasteiger partial charge is 0.459 e. The third kappa shape index (κ3) is 4.21. The Labute approximate surface area is 132 Å². The van der Waals surface area contributed by atoms with Gasteiger partial charge in [0.2, 0.25) is 6.29 Å². The van der Waals surface area contributed by atoms with Crippen LogP contribution in [0.3, 0.4) is 0 Å². The van der Waals surface area contributed by atoms with Crippen LogP contribution >= 0.6 is 0 Å². The quantitative estimate of drug-likeness (QED) is 0.796. The number of carbonyl (C=O) groups excluding carboxylic acids is 1. The number of nitrogens with zero attached hydrogens (tertiary/aromatic N) is 1. The van der Waals surface area contributed by atoms with Crippen molar-refractivity contribution in [3.05, 3.63) is 11.8 Å². The third-order valence-corrected chi connectivity index (χ3v) is 4.22. The van der Waals surface area contributed by atoms with Gasteiger partial charge in [0.1, 0.15) is 0 Å². The van der Waals surface area contributed by atoms with E-state index in [1.54, 1.807) is 4.90 Å². The fraction of sp³-hybridized carbons (Fsp3) is 0.812. The van der Waals surface area contributed by atoms with Crippen LogP contribution in [-0.4, -0.2) is 61.7 Å². The second-order valence-corrected chi connectivity index (χ2v) is 5.77. The molecule has 126 valence electrons. The molecule has 6 heteroatoms. The number of ether oxygens (including phenoxy) is 3. The van der Waals surface area contributed by atoms with Crippen LogP contribution in [0.4, 0.5) is 0 Å². The molecule has 0 spiro atoms. The van der Waals surface area contributed by atoms with Gasteiger partial charge in [-0.1, -0.05) is 6.92 Å². The molecule has 0 aromatic rings. The summed E-state index contributed by atoms with van der Waals surface area (Å²) in [5.41, 5.74) is 0. The van der Waals surface area contributed by atoms with Crippen LogP contribution in [0.25, 0.3) is 0 Å². The first kappa shape index (κ1) is 17.2. The summed E-state index contributed by atoms with van der Waals surface area (Å²) in [6.45, 7) is 7.02. The van der Waals surface area contributed by atoms with E-state index < -0.39 is 6.29 Å². The SMILES string of the molecule is CCO[C@H]1OC(C(=O)N2CCOCC2)=C[C@@H](C)[C@@H]1CCCO. The molecule has 0 bridgehead atoms. The average molecular weight is 313 g/mol. The molecule has 3 atom stereocenters. The van der Waals surface area contributed by atoms with Gasteiger partial charge in [0, 0.05) is 32.2 Å². The Morgan fingerprint density at radius 3 is 2.82 bits per heavy atom. The zero-order chi connectivity index (χ0) is 15.9. The van der Waals surface area contributed by atoms with E-state index in [9.17, 15) is 4.79 Å². The Hall–Kier alpha value is -1.11. The monoisotopic (exact) mass is 313 g/mol. The molecular formula is C16H27NO5. The first-order valence-electron chi connectivity index (χ1n) is 8.15. The maximum atomic E-state index is 12.6. The van der Waals surface area contributed by atoms with Crippen molar-refractivity contribution in [2.45, 2.75) is 33.0 Å². The van der Waals surface area contributed by atoms with E-state index in [0.29, 0.717) is 45.1 Å². The van der Waals surface area contributed by atoms with Gasteiger partial charge in [0.05, 0.1) is 13.2 Å². The van der Waals surface area contributed by atoms with E-state index in [1.807, 2.05) is 13.0 Å². The number of carbonyl (C=O) groups is 1. The Kier molecular flexibility index (Phi) is 6.67. The summed E-state index contributed by atoms with van der Waals surface area (Å²) in [6, 6.07) is 0. The fourth-order valence-electron chi connectivity index (χ4n) is 2.95. The molecule has 0 radical (unpaired) electrons. The molecule has 2 aliphatic heterocycles. The van der Waals surface area contributed by atoms with Crippen LogP contribution < -0.4 is 0 Å². The van der Waals surface area contributed by atoms with Crippen LogP contribution in [0.15, 0.2) is 11.8 Å². The lowest BCUT2D eigenvalue weighted by molar-refractivity contribution is -0.175. The van der Waals surface area contributed by atoms with E-state index >= 15 is 0 Å². The third-order valence-electron chi connectivity index (χ3n) is 4.22. The van der Waals surface area contributed by atoms with Gasteiger partial charge in [-0.25, -0.2) is 0 Å². The molecule has 2 aliphatic rings. The molecule has 0 aromatic carbocycles. The minimum absolute atomic E-state index is 0.0829. The van der Waals surface area contributed by atoms with Gasteiger partial charge in [-0.3, -0.25) is 4.79 Å². The van der Waals surface area contributed by atoms with E-state index in [-0.39, 0.29) is 24.3 Å². The van der Waals surface area contributed by atoms with Gasteiger partial charge in [-0.05, 0) is 31.8 Å². The molecular weight excluding hydrogens is 286 g/mol. The summed E-state index contributed by atoms with van der Waals surface area (Å²) in [5, 5.41) is 9.04. The van der Waals surface area contributed by atoms with Gasteiger partial charge in [-0.2, -0.15) is 0 Å². The molecule has 0 unspecified atom stereocenters. The van der Waals surface area contributed by atoms with Crippen molar-refractivity contribution < 1.29 is 24.1 Å². The molecule has 22 heavy (non-hydrogen) atoms. The number of rotatable bonds is 6. The number of amides is 1. The summed E-state index contributed by atoms with van der Waals surface area (Å²) < 4.78 is 16.8. The predicted octanol–water partition coefficient (Wildman–Crippen LogP) is 1.15. The molecule has 1 fully saturated rings. The number of hydrogen-bond acceptors (Lipinski definition) is 5. The topological polar surface area (TPSA) is 68.2 Å². The van der Waals surface area contributed by atoms with E-state index in [4.69, 9.17) is 19.3 Å². The minimum atomic E-state index is -0.420.